The van der Waals surface area contributed by atoms with E-state index in [2.05, 4.69) is 59.4 Å². The lowest BCUT2D eigenvalue weighted by Crippen LogP contribution is -2.68. The normalized spacial score (nSPS) is 10.9. The highest BCUT2D eigenvalue weighted by Crippen LogP contribution is 2.17. The first-order valence-electron chi connectivity index (χ1n) is 6.01. The molecule has 0 fully saturated rings. The van der Waals surface area contributed by atoms with Gasteiger partial charge in [-0.3, -0.25) is 0 Å². The summed E-state index contributed by atoms with van der Waals surface area (Å²) in [6.45, 7) is 0. The summed E-state index contributed by atoms with van der Waals surface area (Å²) in [7, 11) is -4.94. The molecule has 0 spiro atoms. The van der Waals surface area contributed by atoms with Gasteiger partial charge in [-0.05, 0) is 11.5 Å². The van der Waals surface area contributed by atoms with Crippen molar-refractivity contribution >= 4 is 10.8 Å². The van der Waals surface area contributed by atoms with E-state index in [1.54, 1.807) is 0 Å². The van der Waals surface area contributed by atoms with Crippen molar-refractivity contribution in [3.05, 3.63) is 73.1 Å². The van der Waals surface area contributed by atoms with Gasteiger partial charge in [0.2, 0.25) is 5.69 Å². The minimum absolute atomic E-state index is 1.22. The molecule has 0 amide bonds. The summed E-state index contributed by atoms with van der Waals surface area (Å²) >= 11 is 0. The van der Waals surface area contributed by atoms with E-state index < -0.39 is 10.2 Å². The Hall–Kier alpha value is -2.02. The average molecular weight is 306 g/mol. The van der Waals surface area contributed by atoms with Crippen LogP contribution in [0, 0.1) is 10.2 Å². The third-order valence-electron chi connectivity index (χ3n) is 2.76. The first-order valence-corrected chi connectivity index (χ1v) is 7.25. The van der Waals surface area contributed by atoms with Crippen molar-refractivity contribution < 1.29 is 33.4 Å². The minimum Gasteiger partial charge on any atom is -0.222 e. The van der Waals surface area contributed by atoms with Crippen LogP contribution in [0.25, 0.3) is 16.5 Å². The van der Waals surface area contributed by atoms with Gasteiger partial charge in [0.25, 0.3) is 0 Å². The molecule has 5 nitrogen and oxygen atoms in total. The van der Waals surface area contributed by atoms with Crippen LogP contribution in [0.1, 0.15) is 0 Å². The first-order chi connectivity index (χ1) is 9.95. The molecule has 0 radical (unpaired) electrons. The Labute approximate surface area is 123 Å². The molecule has 1 heterocycles. The van der Waals surface area contributed by atoms with Crippen molar-refractivity contribution in [2.24, 2.45) is 0 Å². The van der Waals surface area contributed by atoms with Crippen LogP contribution in [-0.4, -0.2) is 0 Å². The second kappa shape index (κ2) is 6.62. The fraction of sp³-hybridized carbons (Fsp3) is 0. The maximum atomic E-state index is 8.49. The molecule has 3 aromatic rings. The molecule has 0 bridgehead atoms. The van der Waals surface area contributed by atoms with Gasteiger partial charge in [-0.1, -0.05) is 36.4 Å². The highest BCUT2D eigenvalue weighted by molar-refractivity contribution is 5.88. The Bertz CT molecular complexity index is 702. The quantitative estimate of drug-likeness (QED) is 0.504. The number of nitrogens with zero attached hydrogens (tertiary/aromatic N) is 1. The molecule has 0 aliphatic carbocycles. The number of hydrogen-bond donors (Lipinski definition) is 0. The van der Waals surface area contributed by atoms with Gasteiger partial charge < -0.3 is 0 Å². The van der Waals surface area contributed by atoms with Crippen LogP contribution >= 0.6 is 0 Å². The van der Waals surface area contributed by atoms with Crippen molar-refractivity contribution in [2.45, 2.75) is 0 Å². The predicted octanol–water partition coefficient (Wildman–Crippen LogP) is -1.64. The van der Waals surface area contributed by atoms with Crippen molar-refractivity contribution in [3.8, 4) is 5.69 Å². The van der Waals surface area contributed by atoms with Crippen LogP contribution in [-0.2, 0) is 0 Å². The van der Waals surface area contributed by atoms with E-state index in [1.165, 1.54) is 16.5 Å². The lowest BCUT2D eigenvalue weighted by Gasteiger charge is -2.17. The van der Waals surface area contributed by atoms with Gasteiger partial charge in [0, 0.05) is 18.2 Å². The van der Waals surface area contributed by atoms with Crippen molar-refractivity contribution in [1.82, 2.24) is 0 Å². The third-order valence-corrected chi connectivity index (χ3v) is 2.76. The third kappa shape index (κ3) is 4.78. The number of halogens is 1. The Morgan fingerprint density at radius 1 is 0.667 bits per heavy atom. The zero-order valence-corrected chi connectivity index (χ0v) is 11.6. The number of aromatic nitrogens is 1. The Morgan fingerprint density at radius 2 is 1.24 bits per heavy atom. The number of pyridine rings is 1. The van der Waals surface area contributed by atoms with E-state index in [0.717, 1.165) is 0 Å². The highest BCUT2D eigenvalue weighted by Gasteiger charge is 2.08. The molecule has 6 heteroatoms. The van der Waals surface area contributed by atoms with Crippen molar-refractivity contribution in [3.63, 3.8) is 0 Å². The molecular formula is C15H12ClNO4. The number of fused-ring (bicyclic) bond motifs is 1. The van der Waals surface area contributed by atoms with E-state index in [1.807, 2.05) is 18.2 Å². The predicted molar refractivity (Wildman–Crippen MR) is 65.5 cm³/mol. The van der Waals surface area contributed by atoms with Crippen LogP contribution in [0.4, 0.5) is 0 Å². The SMILES string of the molecule is [O-][Cl+3]([O-])([O-])[O-].c1cc[n+](-c2cccc3ccccc23)cc1. The Kier molecular flexibility index (Phi) is 4.85. The summed E-state index contributed by atoms with van der Waals surface area (Å²) in [6.07, 6.45) is 4.14. The zero-order valence-electron chi connectivity index (χ0n) is 10.9. The van der Waals surface area contributed by atoms with Crippen molar-refractivity contribution in [2.75, 3.05) is 0 Å². The molecular weight excluding hydrogens is 294 g/mol. The van der Waals surface area contributed by atoms with Gasteiger partial charge in [0.1, 0.15) is 0 Å². The van der Waals surface area contributed by atoms with E-state index in [9.17, 15) is 0 Å². The second-order valence-corrected chi connectivity index (χ2v) is 4.91. The van der Waals surface area contributed by atoms with Gasteiger partial charge in [0.15, 0.2) is 12.4 Å². The molecule has 0 saturated heterocycles. The van der Waals surface area contributed by atoms with Gasteiger partial charge in [-0.15, -0.1) is 10.2 Å². The second-order valence-electron chi connectivity index (χ2n) is 4.16. The fourth-order valence-corrected chi connectivity index (χ4v) is 1.99. The van der Waals surface area contributed by atoms with Gasteiger partial charge in [0.05, 0.1) is 5.39 Å². The maximum Gasteiger partial charge on any atom is 0.218 e. The molecule has 108 valence electrons. The molecule has 0 unspecified atom stereocenters. The number of hydrogen-bond acceptors (Lipinski definition) is 4. The number of rotatable bonds is 1. The molecule has 0 saturated carbocycles. The minimum atomic E-state index is -4.94. The average Bonchev–Trinajstić information content (AvgIpc) is 2.46. The molecule has 21 heavy (non-hydrogen) atoms. The first kappa shape index (κ1) is 15.4. The zero-order chi connectivity index (χ0) is 15.3. The molecule has 3 rings (SSSR count). The smallest absolute Gasteiger partial charge is 0.218 e. The Balaban J connectivity index is 0.000000282. The lowest BCUT2D eigenvalue weighted by atomic mass is 10.1. The highest BCUT2D eigenvalue weighted by atomic mass is 35.7. The molecule has 0 atom stereocenters. The van der Waals surface area contributed by atoms with Gasteiger partial charge >= 0.3 is 0 Å². The largest absolute Gasteiger partial charge is 0.222 e. The summed E-state index contributed by atoms with van der Waals surface area (Å²) < 4.78 is 36.1. The molecule has 0 aliphatic heterocycles. The summed E-state index contributed by atoms with van der Waals surface area (Å²) in [5, 5.41) is 2.55. The van der Waals surface area contributed by atoms with Crippen LogP contribution in [0.3, 0.4) is 0 Å². The van der Waals surface area contributed by atoms with Crippen LogP contribution in [0.15, 0.2) is 73.1 Å². The monoisotopic (exact) mass is 305 g/mol. The standard InChI is InChI=1S/C15H12N.ClHO4/c1-4-11-16(12-5-1)15-10-6-8-13-7-2-3-9-14(13)15;2-1(3,4)5/h1-12H;(H,2,3,4,5)/q+1;/p-1. The van der Waals surface area contributed by atoms with E-state index in [0.29, 0.717) is 0 Å². The molecule has 2 aromatic carbocycles. The summed E-state index contributed by atoms with van der Waals surface area (Å²) in [5.41, 5.74) is 1.22. The number of benzene rings is 2. The van der Waals surface area contributed by atoms with Crippen LogP contribution in [0.5, 0.6) is 0 Å². The molecule has 1 aromatic heterocycles. The van der Waals surface area contributed by atoms with E-state index in [-0.39, 0.29) is 0 Å². The Morgan fingerprint density at radius 3 is 1.90 bits per heavy atom. The van der Waals surface area contributed by atoms with E-state index >= 15 is 0 Å². The van der Waals surface area contributed by atoms with Crippen molar-refractivity contribution in [1.29, 1.82) is 0 Å². The molecule has 0 aliphatic rings. The van der Waals surface area contributed by atoms with Gasteiger partial charge in [-0.25, -0.2) is 18.6 Å². The fourth-order valence-electron chi connectivity index (χ4n) is 1.99. The molecule has 0 N–H and O–H groups in total. The van der Waals surface area contributed by atoms with E-state index in [4.69, 9.17) is 18.6 Å². The summed E-state index contributed by atoms with van der Waals surface area (Å²) in [5.74, 6) is 0. The maximum absolute atomic E-state index is 8.49. The van der Waals surface area contributed by atoms with Gasteiger partial charge in [-0.2, -0.15) is 4.57 Å². The summed E-state index contributed by atoms with van der Waals surface area (Å²) in [4.78, 5) is 0. The topological polar surface area (TPSA) is 96.1 Å². The van der Waals surface area contributed by atoms with Crippen LogP contribution in [0.2, 0.25) is 0 Å². The van der Waals surface area contributed by atoms with Crippen LogP contribution < -0.4 is 23.2 Å². The summed E-state index contributed by atoms with van der Waals surface area (Å²) in [6, 6.07) is 20.9. The lowest BCUT2D eigenvalue weighted by molar-refractivity contribution is -2.00.